The number of carbonyl (C=O) groups is 7. The molecule has 39 heteroatoms. The number of carbonyl (C=O) groups excluding carboxylic acids is 7. The minimum absolute atomic E-state index is 0.0306. The molecule has 4 saturated heterocycles. The number of amides is 5. The second-order valence-electron chi connectivity index (χ2n) is 31.4. The maximum Gasteiger partial charge on any atom is 0.524 e. The number of ether oxygens (including phenoxy) is 5. The van der Waals surface area contributed by atoms with Gasteiger partial charge in [0.25, 0.3) is 5.91 Å². The molecule has 28 nitrogen and oxygen atoms in total. The lowest BCUT2D eigenvalue weighted by Crippen LogP contribution is -2.64. The molecule has 6 heterocycles. The third kappa shape index (κ3) is 19.3. The predicted octanol–water partition coefficient (Wildman–Crippen LogP) is 8.91. The van der Waals surface area contributed by atoms with Crippen molar-refractivity contribution >= 4 is 55.6 Å². The van der Waals surface area contributed by atoms with Crippen LogP contribution in [0.3, 0.4) is 0 Å². The Morgan fingerprint density at radius 2 is 1.32 bits per heavy atom. The van der Waals surface area contributed by atoms with Gasteiger partial charge in [-0.05, 0) is 118 Å². The number of rotatable bonds is 28. The van der Waals surface area contributed by atoms with E-state index in [0.29, 0.717) is 106 Å². The van der Waals surface area contributed by atoms with Gasteiger partial charge < -0.3 is 54.0 Å². The van der Waals surface area contributed by atoms with Crippen LogP contribution in [0.15, 0.2) is 73.2 Å². The molecular weight excluding hydrogens is 1550 g/mol. The van der Waals surface area contributed by atoms with Crippen molar-refractivity contribution < 1.29 is 120 Å². The lowest BCUT2D eigenvalue weighted by molar-refractivity contribution is -0.221. The maximum absolute atomic E-state index is 17.0. The first-order chi connectivity index (χ1) is 53.2. The number of methoxy groups -OCH3 is 3. The minimum Gasteiger partial charge on any atom is -0.467 e. The zero-order valence-corrected chi connectivity index (χ0v) is 65.1. The molecule has 114 heavy (non-hydrogen) atoms. The Morgan fingerprint density at radius 3 is 1.84 bits per heavy atom. The average Bonchev–Trinajstić information content (AvgIpc) is 1.52. The highest BCUT2D eigenvalue weighted by Gasteiger charge is 2.70. The number of halogens is 10. The fourth-order valence-corrected chi connectivity index (χ4v) is 15.9. The zero-order valence-electron chi connectivity index (χ0n) is 64.2. The van der Waals surface area contributed by atoms with Crippen LogP contribution >= 0.6 is 7.82 Å². The number of fused-ring (bicyclic) bond motifs is 3. The summed E-state index contributed by atoms with van der Waals surface area (Å²) in [5.41, 5.74) is -7.95. The number of anilines is 1. The minimum atomic E-state index is -5.59. The lowest BCUT2D eigenvalue weighted by atomic mass is 9.77. The molecule has 5 aliphatic rings. The van der Waals surface area contributed by atoms with Crippen molar-refractivity contribution in [1.82, 2.24) is 55.9 Å². The fourth-order valence-electron chi connectivity index (χ4n) is 15.5. The van der Waals surface area contributed by atoms with Gasteiger partial charge in [0.2, 0.25) is 17.8 Å². The molecule has 0 radical (unpaired) electrons. The summed E-state index contributed by atoms with van der Waals surface area (Å²) in [4.78, 5) is 136. The Hall–Kier alpha value is -9.67. The number of aromatic nitrogens is 4. The van der Waals surface area contributed by atoms with Crippen LogP contribution in [0.2, 0.25) is 0 Å². The predicted molar refractivity (Wildman–Crippen MR) is 385 cm³/mol. The first-order valence-electron chi connectivity index (χ1n) is 36.2. The first-order valence-corrected chi connectivity index (χ1v) is 37.7. The summed E-state index contributed by atoms with van der Waals surface area (Å²) in [7, 11) is -2.95. The zero-order chi connectivity index (χ0) is 83.9. The van der Waals surface area contributed by atoms with Gasteiger partial charge in [0.1, 0.15) is 41.6 Å². The Bertz CT molecular complexity index is 4510. The van der Waals surface area contributed by atoms with E-state index in [9.17, 15) is 47.1 Å². The van der Waals surface area contributed by atoms with E-state index in [0.717, 1.165) is 46.4 Å². The number of phosphoric ester groups is 1. The van der Waals surface area contributed by atoms with Gasteiger partial charge in [-0.3, -0.25) is 39.3 Å². The van der Waals surface area contributed by atoms with E-state index in [-0.39, 0.29) is 50.7 Å². The summed E-state index contributed by atoms with van der Waals surface area (Å²) in [6.45, 7) is 6.90. The van der Waals surface area contributed by atoms with Crippen LogP contribution < -0.4 is 30.8 Å². The van der Waals surface area contributed by atoms with E-state index >= 15 is 44.7 Å². The van der Waals surface area contributed by atoms with Crippen molar-refractivity contribution in [3.05, 3.63) is 124 Å². The van der Waals surface area contributed by atoms with Crippen LogP contribution in [-0.4, -0.2) is 208 Å². The molecule has 1 saturated carbocycles. The number of phosphoric acid groups is 1. The summed E-state index contributed by atoms with van der Waals surface area (Å²) in [5, 5.41) is 10.1. The van der Waals surface area contributed by atoms with Crippen molar-refractivity contribution in [1.29, 1.82) is 0 Å². The van der Waals surface area contributed by atoms with Crippen LogP contribution in [-0.2, 0) is 77.0 Å². The van der Waals surface area contributed by atoms with Crippen LogP contribution in [0.1, 0.15) is 120 Å². The van der Waals surface area contributed by atoms with Crippen molar-refractivity contribution in [3.63, 3.8) is 0 Å². The number of piperazine rings is 1. The molecule has 2 aromatic heterocycles. The van der Waals surface area contributed by atoms with Crippen LogP contribution in [0.4, 0.5) is 59.4 Å². The number of piperidine rings is 1. The number of nitrogens with one attached hydrogen (secondary N) is 4. The van der Waals surface area contributed by atoms with Gasteiger partial charge in [-0.1, -0.05) is 57.7 Å². The Morgan fingerprint density at radius 1 is 0.754 bits per heavy atom. The van der Waals surface area contributed by atoms with E-state index < -0.39 is 182 Å². The number of esters is 2. The van der Waals surface area contributed by atoms with Crippen molar-refractivity contribution in [2.45, 2.75) is 174 Å². The number of alkyl halides is 8. The number of nitrogens with zero attached hydrogens (tertiary/aromatic N) is 8. The van der Waals surface area contributed by atoms with Crippen molar-refractivity contribution in [3.8, 4) is 28.8 Å². The highest BCUT2D eigenvalue weighted by Crippen LogP contribution is 2.65. The second-order valence-corrected chi connectivity index (χ2v) is 32.6. The van der Waals surface area contributed by atoms with E-state index in [2.05, 4.69) is 56.9 Å². The number of aryl methyl sites for hydroxylation is 1. The van der Waals surface area contributed by atoms with Gasteiger partial charge in [0.05, 0.1) is 88.1 Å². The maximum atomic E-state index is 17.0. The standard InChI is InChI=1S/C75H89F10N12O16P/c1-39-23-44(28-56(98)95-35-49-59(71(49,4)5)60(95)65(102)108-10)58(54(24-39)113-114(105,106)107)70(2,3)29-57(99)112-55(36-94(92-64(101)62(90-69(104)110-12)73(8,9)75(83,84)85)34-48-50(76)26-43(27-51(48)77)52-21-22-96(91-52)66(78)79)53(88-63(100)61(89-68(103)109-11)72(6,7)74(80,81)82)25-41-16-13-40(14-17-41)15-18-42-30-86-67(87-31-42)93-32-45-19-20-46(33-93)97(45)47-37-111-38-47/h13-14,16-17,21-24,26-27,30-31,45-47,49,53,55,59-62,66H,19-20,25,28-29,32-38H2,1-12H3,(H,88,100)(H,89,103)(H,90,104)(H,92,101)(H2,105,106,107)/t45?,46?,49-,53-,55-,59-,60-,61+,62+/m0/s1. The quantitative estimate of drug-likeness (QED) is 0.00679. The highest BCUT2D eigenvalue weighted by molar-refractivity contribution is 7.46. The topological polar surface area (TPSA) is 337 Å². The molecule has 0 spiro atoms. The van der Waals surface area contributed by atoms with E-state index in [1.165, 1.54) is 74.5 Å². The Kier molecular flexibility index (Phi) is 25.6. The SMILES string of the molecule is COC(=O)N[C@H](C(=O)N[C@@H](Cc1ccc(C#Cc2cnc(N3CC4CCC(C3)N4C3COC3)nc2)cc1)[C@H](CN(Cc1c(F)cc(-c2ccn(C(F)F)n2)cc1F)NC(=O)[C@@H](NC(=O)OC)C(C)(C)C(F)(F)F)OC(=O)CC(C)(C)c1c(CC(=O)N2C[C@H]3[C@@H]([C@H]2C(=O)OC)C3(C)C)cc(C)cc1OP(=O)(O)O)C(C)(C)C(F)(F)F. The Balaban J connectivity index is 1.09. The van der Waals surface area contributed by atoms with Crippen LogP contribution in [0, 0.1) is 58.5 Å². The summed E-state index contributed by atoms with van der Waals surface area (Å²) in [6.07, 6.45) is -12.8. The number of likely N-dealkylation sites (tertiary alicyclic amines) is 1. The molecule has 2 bridgehead atoms. The summed E-state index contributed by atoms with van der Waals surface area (Å²) < 4.78 is 198. The molecule has 6 N–H and O–H groups in total. The summed E-state index contributed by atoms with van der Waals surface area (Å²) >= 11 is 0. The largest absolute Gasteiger partial charge is 0.524 e. The normalized spacial score (nSPS) is 20.1. The number of hydrogen-bond acceptors (Lipinski definition) is 20. The Labute approximate surface area is 649 Å². The summed E-state index contributed by atoms with van der Waals surface area (Å²) in [6, 6.07) is 2.86. The monoisotopic (exact) mass is 1630 g/mol. The average molecular weight is 1640 g/mol. The van der Waals surface area contributed by atoms with Crippen LogP contribution in [0.25, 0.3) is 11.3 Å². The van der Waals surface area contributed by atoms with Gasteiger partial charge in [0, 0.05) is 90.4 Å². The van der Waals surface area contributed by atoms with Gasteiger partial charge in [-0.25, -0.2) is 47.4 Å². The number of benzene rings is 3. The second kappa shape index (κ2) is 33.6. The van der Waals surface area contributed by atoms with Gasteiger partial charge in [-0.15, -0.1) is 0 Å². The molecule has 620 valence electrons. The number of hydrogen-bond donors (Lipinski definition) is 6. The molecule has 5 fully saturated rings. The third-order valence-corrected chi connectivity index (χ3v) is 22.5. The fraction of sp³-hybridized carbons (Fsp3) is 0.547. The lowest BCUT2D eigenvalue weighted by Gasteiger charge is -2.47. The van der Waals surface area contributed by atoms with E-state index in [1.54, 1.807) is 5.32 Å². The molecule has 4 aliphatic heterocycles. The molecule has 10 rings (SSSR count). The first kappa shape index (κ1) is 86.7. The molecule has 1 aliphatic carbocycles. The van der Waals surface area contributed by atoms with E-state index in [1.807, 2.05) is 19.2 Å². The molecule has 9 atom stereocenters. The van der Waals surface area contributed by atoms with Crippen molar-refractivity contribution in [2.24, 2.45) is 28.1 Å². The number of hydrazine groups is 1. The molecular formula is C75H89F10N12O16P. The van der Waals surface area contributed by atoms with E-state index in [4.69, 9.17) is 18.7 Å². The molecule has 5 amide bonds. The molecule has 5 aromatic rings. The molecule has 2 unspecified atom stereocenters. The smallest absolute Gasteiger partial charge is 0.467 e. The van der Waals surface area contributed by atoms with Gasteiger partial charge in [0.15, 0.2) is 0 Å². The van der Waals surface area contributed by atoms with Crippen LogP contribution in [0.5, 0.6) is 5.75 Å². The third-order valence-electron chi connectivity index (χ3n) is 22.0. The van der Waals surface area contributed by atoms with Crippen molar-refractivity contribution in [2.75, 3.05) is 65.6 Å². The number of alkyl carbamates (subject to hydrolysis) is 2. The molecule has 3 aromatic carbocycles. The highest BCUT2D eigenvalue weighted by atomic mass is 31.2. The van der Waals surface area contributed by atoms with Gasteiger partial charge in [-0.2, -0.15) is 40.2 Å². The van der Waals surface area contributed by atoms with Gasteiger partial charge >= 0.3 is 50.8 Å². The summed E-state index contributed by atoms with van der Waals surface area (Å²) in [5.74, 6) is -4.13.